The van der Waals surface area contributed by atoms with E-state index in [2.05, 4.69) is 10.2 Å². The predicted molar refractivity (Wildman–Crippen MR) is 76.0 cm³/mol. The Balaban J connectivity index is 2.08. The Kier molecular flexibility index (Phi) is 5.16. The van der Waals surface area contributed by atoms with Crippen LogP contribution in [0.15, 0.2) is 18.2 Å². The molecule has 0 radical (unpaired) electrons. The molecule has 3 nitrogen and oxygen atoms in total. The molecule has 19 heavy (non-hydrogen) atoms. The number of halogens is 1. The van der Waals surface area contributed by atoms with E-state index < -0.39 is 0 Å². The Bertz CT molecular complexity index is 405. The first kappa shape index (κ1) is 14.3. The van der Waals surface area contributed by atoms with Crippen LogP contribution in [0.25, 0.3) is 0 Å². The molecule has 0 aliphatic carbocycles. The Hall–Kier alpha value is -1.13. The van der Waals surface area contributed by atoms with Crippen LogP contribution in [0.2, 0.25) is 0 Å². The van der Waals surface area contributed by atoms with Crippen molar-refractivity contribution in [1.29, 1.82) is 0 Å². The van der Waals surface area contributed by atoms with Gasteiger partial charge in [0.05, 0.1) is 0 Å². The van der Waals surface area contributed by atoms with Crippen LogP contribution >= 0.6 is 0 Å². The largest absolute Gasteiger partial charge is 0.381 e. The van der Waals surface area contributed by atoms with Crippen molar-refractivity contribution in [3.63, 3.8) is 0 Å². The second-order valence-corrected chi connectivity index (χ2v) is 5.20. The van der Waals surface area contributed by atoms with Gasteiger partial charge in [-0.3, -0.25) is 0 Å². The molecule has 0 atom stereocenters. The Morgan fingerprint density at radius 2 is 2.11 bits per heavy atom. The second kappa shape index (κ2) is 6.87. The van der Waals surface area contributed by atoms with Crippen LogP contribution in [0.5, 0.6) is 0 Å². The summed E-state index contributed by atoms with van der Waals surface area (Å²) in [5.74, 6) is 0.509. The molecule has 0 saturated carbocycles. The molecule has 0 amide bonds. The molecule has 1 aliphatic rings. The summed E-state index contributed by atoms with van der Waals surface area (Å²) in [5.41, 5.74) is 1.74. The molecule has 1 aliphatic heterocycles. The predicted octanol–water partition coefficient (Wildman–Crippen LogP) is 2.41. The van der Waals surface area contributed by atoms with Gasteiger partial charge in [0, 0.05) is 44.6 Å². The van der Waals surface area contributed by atoms with E-state index in [1.54, 1.807) is 6.07 Å². The lowest BCUT2D eigenvalue weighted by molar-refractivity contribution is 0.0685. The van der Waals surface area contributed by atoms with Gasteiger partial charge in [0.25, 0.3) is 0 Å². The van der Waals surface area contributed by atoms with Crippen LogP contribution in [0.3, 0.4) is 0 Å². The van der Waals surface area contributed by atoms with E-state index >= 15 is 0 Å². The summed E-state index contributed by atoms with van der Waals surface area (Å²) in [6.45, 7) is 3.22. The first-order valence-corrected chi connectivity index (χ1v) is 6.93. The fourth-order valence-corrected chi connectivity index (χ4v) is 2.67. The summed E-state index contributed by atoms with van der Waals surface area (Å²) in [6.07, 6.45) is 2.20. The maximum absolute atomic E-state index is 13.9. The second-order valence-electron chi connectivity index (χ2n) is 5.20. The van der Waals surface area contributed by atoms with Crippen molar-refractivity contribution in [3.05, 3.63) is 29.6 Å². The number of hydrogen-bond donors (Lipinski definition) is 1. The number of hydrogen-bond acceptors (Lipinski definition) is 3. The van der Waals surface area contributed by atoms with Crippen LogP contribution in [-0.4, -0.2) is 33.9 Å². The van der Waals surface area contributed by atoms with Crippen LogP contribution in [0.4, 0.5) is 10.1 Å². The Morgan fingerprint density at radius 3 is 2.79 bits per heavy atom. The van der Waals surface area contributed by atoms with E-state index in [1.165, 1.54) is 6.07 Å². The molecule has 1 saturated heterocycles. The molecule has 0 spiro atoms. The van der Waals surface area contributed by atoms with Crippen molar-refractivity contribution in [2.45, 2.75) is 19.4 Å². The summed E-state index contributed by atoms with van der Waals surface area (Å²) < 4.78 is 19.3. The lowest BCUT2D eigenvalue weighted by atomic mass is 9.99. The van der Waals surface area contributed by atoms with Crippen molar-refractivity contribution in [2.75, 3.05) is 38.8 Å². The average Bonchev–Trinajstić information content (AvgIpc) is 2.42. The van der Waals surface area contributed by atoms with Gasteiger partial charge >= 0.3 is 0 Å². The Labute approximate surface area is 114 Å². The van der Waals surface area contributed by atoms with E-state index in [-0.39, 0.29) is 5.82 Å². The van der Waals surface area contributed by atoms with Crippen molar-refractivity contribution in [1.82, 2.24) is 5.32 Å². The minimum Gasteiger partial charge on any atom is -0.381 e. The van der Waals surface area contributed by atoms with E-state index in [1.807, 2.05) is 20.2 Å². The highest BCUT2D eigenvalue weighted by Crippen LogP contribution is 2.25. The van der Waals surface area contributed by atoms with E-state index in [0.717, 1.165) is 43.9 Å². The molecule has 1 heterocycles. The minimum atomic E-state index is -0.134. The lowest BCUT2D eigenvalue weighted by Gasteiger charge is -2.29. The van der Waals surface area contributed by atoms with Crippen molar-refractivity contribution in [2.24, 2.45) is 5.92 Å². The van der Waals surface area contributed by atoms with Crippen molar-refractivity contribution < 1.29 is 9.13 Å². The van der Waals surface area contributed by atoms with Crippen LogP contribution in [-0.2, 0) is 11.3 Å². The molecule has 1 aromatic carbocycles. The zero-order chi connectivity index (χ0) is 13.7. The fourth-order valence-electron chi connectivity index (χ4n) is 2.67. The zero-order valence-electron chi connectivity index (χ0n) is 11.8. The monoisotopic (exact) mass is 266 g/mol. The molecule has 106 valence electrons. The number of nitrogens with zero attached hydrogens (tertiary/aromatic N) is 1. The van der Waals surface area contributed by atoms with E-state index in [4.69, 9.17) is 4.74 Å². The van der Waals surface area contributed by atoms with Crippen LogP contribution in [0.1, 0.15) is 18.4 Å². The third-order valence-electron chi connectivity index (χ3n) is 3.73. The average molecular weight is 266 g/mol. The van der Waals surface area contributed by atoms with Crippen molar-refractivity contribution in [3.8, 4) is 0 Å². The summed E-state index contributed by atoms with van der Waals surface area (Å²) in [6, 6.07) is 5.30. The minimum absolute atomic E-state index is 0.134. The molecule has 1 aromatic rings. The van der Waals surface area contributed by atoms with Gasteiger partial charge in [-0.15, -0.1) is 0 Å². The highest BCUT2D eigenvalue weighted by molar-refractivity contribution is 5.53. The summed E-state index contributed by atoms with van der Waals surface area (Å²) in [4.78, 5) is 2.17. The van der Waals surface area contributed by atoms with Gasteiger partial charge in [0.15, 0.2) is 0 Å². The van der Waals surface area contributed by atoms with Gasteiger partial charge in [-0.25, -0.2) is 4.39 Å². The first-order valence-electron chi connectivity index (χ1n) is 6.93. The fraction of sp³-hybridized carbons (Fsp3) is 0.600. The lowest BCUT2D eigenvalue weighted by Crippen LogP contribution is -2.30. The maximum Gasteiger partial charge on any atom is 0.129 e. The van der Waals surface area contributed by atoms with E-state index in [0.29, 0.717) is 12.5 Å². The SMILES string of the molecule is CNCc1c(F)cccc1N(C)CC1CCOCC1. The van der Waals surface area contributed by atoms with Gasteiger partial charge in [0.1, 0.15) is 5.82 Å². The zero-order valence-corrected chi connectivity index (χ0v) is 11.8. The highest BCUT2D eigenvalue weighted by atomic mass is 19.1. The molecule has 1 N–H and O–H groups in total. The van der Waals surface area contributed by atoms with Crippen LogP contribution < -0.4 is 10.2 Å². The quantitative estimate of drug-likeness (QED) is 0.885. The smallest absolute Gasteiger partial charge is 0.129 e. The molecular weight excluding hydrogens is 243 g/mol. The molecule has 0 unspecified atom stereocenters. The number of benzene rings is 1. The molecule has 4 heteroatoms. The molecular formula is C15H23FN2O. The Morgan fingerprint density at radius 1 is 1.37 bits per heavy atom. The summed E-state index contributed by atoms with van der Waals surface area (Å²) in [5, 5.41) is 3.04. The molecule has 1 fully saturated rings. The van der Waals surface area contributed by atoms with Gasteiger partial charge in [-0.05, 0) is 37.9 Å². The highest BCUT2D eigenvalue weighted by Gasteiger charge is 2.18. The van der Waals surface area contributed by atoms with Gasteiger partial charge < -0.3 is 15.0 Å². The number of rotatable bonds is 5. The maximum atomic E-state index is 13.9. The third-order valence-corrected chi connectivity index (χ3v) is 3.73. The van der Waals surface area contributed by atoms with Crippen LogP contribution in [0, 0.1) is 11.7 Å². The van der Waals surface area contributed by atoms with Gasteiger partial charge in [-0.2, -0.15) is 0 Å². The topological polar surface area (TPSA) is 24.5 Å². The normalized spacial score (nSPS) is 16.6. The molecule has 0 aromatic heterocycles. The summed E-state index contributed by atoms with van der Waals surface area (Å²) in [7, 11) is 3.89. The first-order chi connectivity index (χ1) is 9.22. The molecule has 2 rings (SSSR count). The van der Waals surface area contributed by atoms with Gasteiger partial charge in [0.2, 0.25) is 0 Å². The third kappa shape index (κ3) is 3.67. The van der Waals surface area contributed by atoms with E-state index in [9.17, 15) is 4.39 Å². The number of nitrogens with one attached hydrogen (secondary N) is 1. The molecule has 0 bridgehead atoms. The summed E-state index contributed by atoms with van der Waals surface area (Å²) >= 11 is 0. The number of ether oxygens (including phenoxy) is 1. The van der Waals surface area contributed by atoms with Crippen molar-refractivity contribution >= 4 is 5.69 Å². The standard InChI is InChI=1S/C15H23FN2O/c1-17-10-13-14(16)4-3-5-15(13)18(2)11-12-6-8-19-9-7-12/h3-5,12,17H,6-11H2,1-2H3. The number of anilines is 1. The van der Waals surface area contributed by atoms with Gasteiger partial charge in [-0.1, -0.05) is 6.07 Å².